The van der Waals surface area contributed by atoms with Gasteiger partial charge in [-0.25, -0.2) is 0 Å². The van der Waals surface area contributed by atoms with E-state index in [1.54, 1.807) is 7.11 Å². The number of hydrogen-bond donors (Lipinski definition) is 1. The normalized spacial score (nSPS) is 11.2. The first-order chi connectivity index (χ1) is 7.72. The van der Waals surface area contributed by atoms with Crippen molar-refractivity contribution in [1.29, 1.82) is 0 Å². The van der Waals surface area contributed by atoms with Crippen LogP contribution in [0, 0.1) is 5.92 Å². The summed E-state index contributed by atoms with van der Waals surface area (Å²) in [5, 5.41) is 7.86. The van der Waals surface area contributed by atoms with E-state index in [1.165, 1.54) is 0 Å². The molecule has 4 nitrogen and oxygen atoms in total. The maximum absolute atomic E-state index is 5.01. The summed E-state index contributed by atoms with van der Waals surface area (Å²) in [5.41, 5.74) is 1.11. The van der Waals surface area contributed by atoms with Gasteiger partial charge in [-0.05, 0) is 24.9 Å². The molecule has 0 aliphatic heterocycles. The summed E-state index contributed by atoms with van der Waals surface area (Å²) in [4.78, 5) is 0. The lowest BCUT2D eigenvalue weighted by molar-refractivity contribution is 0.189. The number of nitrogens with zero attached hydrogens (tertiary/aromatic N) is 2. The molecule has 0 amide bonds. The van der Waals surface area contributed by atoms with E-state index in [0.29, 0.717) is 5.92 Å². The van der Waals surface area contributed by atoms with Gasteiger partial charge in [0, 0.05) is 33.0 Å². The van der Waals surface area contributed by atoms with Crippen molar-refractivity contribution in [1.82, 2.24) is 15.1 Å². The molecular weight excluding hydrogens is 202 g/mol. The van der Waals surface area contributed by atoms with E-state index in [0.717, 1.165) is 38.4 Å². The molecule has 0 saturated carbocycles. The second-order valence-corrected chi connectivity index (χ2v) is 4.44. The van der Waals surface area contributed by atoms with Crippen molar-refractivity contribution < 1.29 is 4.74 Å². The van der Waals surface area contributed by atoms with Crippen molar-refractivity contribution in [3.8, 4) is 0 Å². The van der Waals surface area contributed by atoms with Gasteiger partial charge in [0.05, 0.1) is 5.69 Å². The number of methoxy groups -OCH3 is 1. The Kier molecular flexibility index (Phi) is 6.11. The summed E-state index contributed by atoms with van der Waals surface area (Å²) in [5.74, 6) is 0.684. The number of nitrogens with one attached hydrogen (secondary N) is 1. The van der Waals surface area contributed by atoms with Crippen LogP contribution in [0.5, 0.6) is 0 Å². The zero-order valence-corrected chi connectivity index (χ0v) is 10.6. The van der Waals surface area contributed by atoms with Crippen LogP contribution in [-0.4, -0.2) is 30.0 Å². The van der Waals surface area contributed by atoms with Gasteiger partial charge in [0.25, 0.3) is 0 Å². The molecule has 0 radical (unpaired) electrons. The molecule has 0 saturated heterocycles. The van der Waals surface area contributed by atoms with Crippen LogP contribution in [0.25, 0.3) is 0 Å². The number of aryl methyl sites for hydroxylation is 1. The first kappa shape index (κ1) is 13.2. The fourth-order valence-electron chi connectivity index (χ4n) is 1.48. The van der Waals surface area contributed by atoms with Crippen LogP contribution in [0.3, 0.4) is 0 Å². The highest BCUT2D eigenvalue weighted by Gasteiger charge is 1.99. The van der Waals surface area contributed by atoms with Crippen LogP contribution in [-0.2, 0) is 17.8 Å². The van der Waals surface area contributed by atoms with Gasteiger partial charge in [-0.1, -0.05) is 13.8 Å². The fraction of sp³-hybridized carbons (Fsp3) is 0.750. The highest BCUT2D eigenvalue weighted by Crippen LogP contribution is 1.98. The average molecular weight is 225 g/mol. The number of hydrogen-bond acceptors (Lipinski definition) is 3. The smallest absolute Gasteiger partial charge is 0.0762 e. The third kappa shape index (κ3) is 5.28. The SMILES string of the molecule is COCCCn1ccc(CNCC(C)C)n1. The molecule has 1 aromatic rings. The lowest BCUT2D eigenvalue weighted by atomic mass is 10.2. The average Bonchev–Trinajstić information content (AvgIpc) is 2.66. The molecule has 0 fully saturated rings. The highest BCUT2D eigenvalue weighted by molar-refractivity contribution is 4.98. The number of rotatable bonds is 8. The molecule has 0 aromatic carbocycles. The summed E-state index contributed by atoms with van der Waals surface area (Å²) in [6.45, 7) is 8.03. The molecule has 0 atom stereocenters. The van der Waals surface area contributed by atoms with E-state index in [4.69, 9.17) is 4.74 Å². The van der Waals surface area contributed by atoms with Crippen LogP contribution >= 0.6 is 0 Å². The van der Waals surface area contributed by atoms with Crippen molar-refractivity contribution in [2.75, 3.05) is 20.3 Å². The minimum absolute atomic E-state index is 0.684. The van der Waals surface area contributed by atoms with Crippen LogP contribution in [0.15, 0.2) is 12.3 Å². The van der Waals surface area contributed by atoms with Crippen molar-refractivity contribution in [3.05, 3.63) is 18.0 Å². The zero-order valence-electron chi connectivity index (χ0n) is 10.6. The predicted molar refractivity (Wildman–Crippen MR) is 65.3 cm³/mol. The molecule has 4 heteroatoms. The Labute approximate surface area is 98.0 Å². The minimum atomic E-state index is 0.684. The van der Waals surface area contributed by atoms with E-state index in [2.05, 4.69) is 30.3 Å². The molecule has 0 aliphatic carbocycles. The summed E-state index contributed by atoms with van der Waals surface area (Å²) >= 11 is 0. The van der Waals surface area contributed by atoms with Crippen molar-refractivity contribution >= 4 is 0 Å². The molecule has 1 N–H and O–H groups in total. The van der Waals surface area contributed by atoms with Crippen LogP contribution in [0.4, 0.5) is 0 Å². The Bertz CT molecular complexity index is 284. The molecule has 1 rings (SSSR count). The largest absolute Gasteiger partial charge is 0.385 e. The summed E-state index contributed by atoms with van der Waals surface area (Å²) in [6.07, 6.45) is 3.04. The van der Waals surface area contributed by atoms with Crippen molar-refractivity contribution in [2.24, 2.45) is 5.92 Å². The standard InChI is InChI=1S/C12H23N3O/c1-11(2)9-13-10-12-5-7-15(14-12)6-4-8-16-3/h5,7,11,13H,4,6,8-10H2,1-3H3. The Morgan fingerprint density at radius 2 is 2.31 bits per heavy atom. The van der Waals surface area contributed by atoms with Crippen LogP contribution in [0.2, 0.25) is 0 Å². The Balaban J connectivity index is 2.22. The topological polar surface area (TPSA) is 39.1 Å². The van der Waals surface area contributed by atoms with E-state index in [9.17, 15) is 0 Å². The Hall–Kier alpha value is -0.870. The number of aromatic nitrogens is 2. The van der Waals surface area contributed by atoms with Crippen LogP contribution < -0.4 is 5.32 Å². The molecular formula is C12H23N3O. The Morgan fingerprint density at radius 1 is 1.50 bits per heavy atom. The van der Waals surface area contributed by atoms with Crippen molar-refractivity contribution in [3.63, 3.8) is 0 Å². The van der Waals surface area contributed by atoms with Gasteiger partial charge in [-0.3, -0.25) is 4.68 Å². The minimum Gasteiger partial charge on any atom is -0.385 e. The van der Waals surface area contributed by atoms with Gasteiger partial charge in [-0.15, -0.1) is 0 Å². The first-order valence-electron chi connectivity index (χ1n) is 5.94. The first-order valence-corrected chi connectivity index (χ1v) is 5.94. The fourth-order valence-corrected chi connectivity index (χ4v) is 1.48. The van der Waals surface area contributed by atoms with Gasteiger partial charge in [-0.2, -0.15) is 5.10 Å². The Morgan fingerprint density at radius 3 is 3.00 bits per heavy atom. The van der Waals surface area contributed by atoms with E-state index in [-0.39, 0.29) is 0 Å². The van der Waals surface area contributed by atoms with Crippen molar-refractivity contribution in [2.45, 2.75) is 33.4 Å². The maximum atomic E-state index is 5.01. The molecule has 0 bridgehead atoms. The van der Waals surface area contributed by atoms with Gasteiger partial charge in [0.2, 0.25) is 0 Å². The van der Waals surface area contributed by atoms with Gasteiger partial charge in [0.1, 0.15) is 0 Å². The second-order valence-electron chi connectivity index (χ2n) is 4.44. The van der Waals surface area contributed by atoms with Gasteiger partial charge < -0.3 is 10.1 Å². The van der Waals surface area contributed by atoms with Gasteiger partial charge in [0.15, 0.2) is 0 Å². The third-order valence-corrected chi connectivity index (χ3v) is 2.29. The quantitative estimate of drug-likeness (QED) is 0.684. The lowest BCUT2D eigenvalue weighted by Crippen LogP contribution is -2.19. The van der Waals surface area contributed by atoms with Crippen LogP contribution in [0.1, 0.15) is 26.0 Å². The molecule has 1 aromatic heterocycles. The molecule has 16 heavy (non-hydrogen) atoms. The monoisotopic (exact) mass is 225 g/mol. The third-order valence-electron chi connectivity index (χ3n) is 2.29. The van der Waals surface area contributed by atoms with E-state index >= 15 is 0 Å². The molecule has 0 aliphatic rings. The van der Waals surface area contributed by atoms with Gasteiger partial charge >= 0.3 is 0 Å². The summed E-state index contributed by atoms with van der Waals surface area (Å²) < 4.78 is 6.99. The summed E-state index contributed by atoms with van der Waals surface area (Å²) in [6, 6.07) is 2.07. The lowest BCUT2D eigenvalue weighted by Gasteiger charge is -2.05. The van der Waals surface area contributed by atoms with E-state index < -0.39 is 0 Å². The second kappa shape index (κ2) is 7.41. The molecule has 1 heterocycles. The molecule has 0 unspecified atom stereocenters. The zero-order chi connectivity index (χ0) is 11.8. The summed E-state index contributed by atoms with van der Waals surface area (Å²) in [7, 11) is 1.73. The predicted octanol–water partition coefficient (Wildman–Crippen LogP) is 1.67. The number of ether oxygens (including phenoxy) is 1. The van der Waals surface area contributed by atoms with E-state index in [1.807, 2.05) is 10.9 Å². The maximum Gasteiger partial charge on any atom is 0.0762 e. The molecule has 92 valence electrons. The highest BCUT2D eigenvalue weighted by atomic mass is 16.5. The molecule has 0 spiro atoms.